The number of halogens is 2. The van der Waals surface area contributed by atoms with Crippen LogP contribution in [0.4, 0.5) is 15.8 Å². The summed E-state index contributed by atoms with van der Waals surface area (Å²) in [7, 11) is 0. The summed E-state index contributed by atoms with van der Waals surface area (Å²) in [5.74, 6) is -0.543. The van der Waals surface area contributed by atoms with E-state index in [1.54, 1.807) is 22.6 Å². The Labute approximate surface area is 80.9 Å². The van der Waals surface area contributed by atoms with Crippen molar-refractivity contribution >= 4 is 34.0 Å². The molecule has 0 amide bonds. The molecule has 0 aliphatic heterocycles. The largest absolute Gasteiger partial charge is 0.393 e. The van der Waals surface area contributed by atoms with Gasteiger partial charge in [-0.05, 0) is 22.6 Å². The third-order valence-corrected chi connectivity index (χ3v) is 2.09. The Bertz CT molecular complexity index is 343. The predicted molar refractivity (Wildman–Crippen MR) is 50.2 cm³/mol. The third-order valence-electron chi connectivity index (χ3n) is 1.27. The van der Waals surface area contributed by atoms with Crippen LogP contribution in [-0.4, -0.2) is 4.92 Å². The molecule has 0 radical (unpaired) electrons. The number of rotatable bonds is 1. The van der Waals surface area contributed by atoms with Gasteiger partial charge >= 0.3 is 0 Å². The summed E-state index contributed by atoms with van der Waals surface area (Å²) < 4.78 is 12.9. The monoisotopic (exact) mass is 282 g/mol. The van der Waals surface area contributed by atoms with Crippen molar-refractivity contribution in [2.24, 2.45) is 0 Å². The van der Waals surface area contributed by atoms with Crippen molar-refractivity contribution < 1.29 is 9.31 Å². The maximum absolute atomic E-state index is 12.7. The Morgan fingerprint density at radius 1 is 1.58 bits per heavy atom. The highest BCUT2D eigenvalue weighted by molar-refractivity contribution is 14.1. The Kier molecular flexibility index (Phi) is 2.46. The molecule has 0 aliphatic carbocycles. The lowest BCUT2D eigenvalue weighted by molar-refractivity contribution is -0.384. The van der Waals surface area contributed by atoms with E-state index in [1.165, 1.54) is 0 Å². The van der Waals surface area contributed by atoms with Crippen LogP contribution in [0.25, 0.3) is 0 Å². The minimum absolute atomic E-state index is 0.155. The van der Waals surface area contributed by atoms with Crippen molar-refractivity contribution in [3.8, 4) is 0 Å². The van der Waals surface area contributed by atoms with Crippen LogP contribution in [0.2, 0.25) is 0 Å². The average Bonchev–Trinajstić information content (AvgIpc) is 1.96. The zero-order valence-corrected chi connectivity index (χ0v) is 7.91. The van der Waals surface area contributed by atoms with Crippen LogP contribution < -0.4 is 5.73 Å². The number of nitrogens with zero attached hydrogens (tertiary/aromatic N) is 1. The maximum atomic E-state index is 12.7. The fourth-order valence-corrected chi connectivity index (χ4v) is 1.16. The molecule has 0 atom stereocenters. The fourth-order valence-electron chi connectivity index (χ4n) is 0.710. The molecule has 0 saturated heterocycles. The normalized spacial score (nSPS) is 9.83. The van der Waals surface area contributed by atoms with Gasteiger partial charge in [0.1, 0.15) is 11.5 Å². The first-order valence-corrected chi connectivity index (χ1v) is 3.99. The summed E-state index contributed by atoms with van der Waals surface area (Å²) in [5, 5.41) is 10.3. The van der Waals surface area contributed by atoms with E-state index in [2.05, 4.69) is 0 Å². The SMILES string of the molecule is Nc1cc(F)c(I)cc1[N+](=O)[O-]. The van der Waals surface area contributed by atoms with Crippen LogP contribution in [0.3, 0.4) is 0 Å². The van der Waals surface area contributed by atoms with Crippen LogP contribution in [0.1, 0.15) is 0 Å². The van der Waals surface area contributed by atoms with Crippen molar-refractivity contribution in [2.45, 2.75) is 0 Å². The highest BCUT2D eigenvalue weighted by atomic mass is 127. The van der Waals surface area contributed by atoms with Gasteiger partial charge in [0.2, 0.25) is 0 Å². The lowest BCUT2D eigenvalue weighted by Crippen LogP contribution is -1.97. The molecular formula is C6H4FIN2O2. The van der Waals surface area contributed by atoms with Gasteiger partial charge in [-0.15, -0.1) is 0 Å². The van der Waals surface area contributed by atoms with Gasteiger partial charge < -0.3 is 5.73 Å². The summed E-state index contributed by atoms with van der Waals surface area (Å²) in [6.07, 6.45) is 0. The summed E-state index contributed by atoms with van der Waals surface area (Å²) in [6.45, 7) is 0. The van der Waals surface area contributed by atoms with Crippen LogP contribution in [0.5, 0.6) is 0 Å². The molecule has 0 aromatic heterocycles. The Balaban J connectivity index is 3.33. The minimum Gasteiger partial charge on any atom is -0.393 e. The molecule has 1 rings (SSSR count). The molecule has 0 aliphatic rings. The highest BCUT2D eigenvalue weighted by Crippen LogP contribution is 2.25. The van der Waals surface area contributed by atoms with Crippen molar-refractivity contribution in [2.75, 3.05) is 5.73 Å². The first kappa shape index (κ1) is 9.17. The highest BCUT2D eigenvalue weighted by Gasteiger charge is 2.14. The number of hydrogen-bond acceptors (Lipinski definition) is 3. The van der Waals surface area contributed by atoms with E-state index in [0.717, 1.165) is 12.1 Å². The molecule has 6 heteroatoms. The Morgan fingerprint density at radius 2 is 2.17 bits per heavy atom. The van der Waals surface area contributed by atoms with E-state index in [0.29, 0.717) is 0 Å². The van der Waals surface area contributed by atoms with Crippen molar-refractivity contribution in [1.82, 2.24) is 0 Å². The van der Waals surface area contributed by atoms with Crippen LogP contribution in [0.15, 0.2) is 12.1 Å². The van der Waals surface area contributed by atoms with E-state index < -0.39 is 10.7 Å². The number of hydrogen-bond donors (Lipinski definition) is 1. The molecule has 12 heavy (non-hydrogen) atoms. The number of nitrogens with two attached hydrogens (primary N) is 1. The number of anilines is 1. The molecule has 64 valence electrons. The molecule has 0 unspecified atom stereocenters. The van der Waals surface area contributed by atoms with Crippen LogP contribution in [-0.2, 0) is 0 Å². The standard InChI is InChI=1S/C6H4FIN2O2/c7-3-1-5(9)6(10(11)12)2-4(3)8/h1-2H,9H2. The van der Waals surface area contributed by atoms with Gasteiger partial charge in [0.15, 0.2) is 0 Å². The van der Waals surface area contributed by atoms with E-state index in [1.807, 2.05) is 0 Å². The molecule has 0 bridgehead atoms. The van der Waals surface area contributed by atoms with Crippen molar-refractivity contribution in [3.05, 3.63) is 31.6 Å². The lowest BCUT2D eigenvalue weighted by Gasteiger charge is -1.98. The number of nitro benzene ring substituents is 1. The summed E-state index contributed by atoms with van der Waals surface area (Å²) in [4.78, 5) is 9.64. The van der Waals surface area contributed by atoms with E-state index in [9.17, 15) is 14.5 Å². The van der Waals surface area contributed by atoms with Gasteiger partial charge in [0, 0.05) is 12.1 Å². The summed E-state index contributed by atoms with van der Waals surface area (Å²) in [6, 6.07) is 2.05. The zero-order chi connectivity index (χ0) is 9.30. The minimum atomic E-state index is -0.642. The molecular weight excluding hydrogens is 278 g/mol. The Hall–Kier alpha value is -0.920. The molecule has 0 heterocycles. The van der Waals surface area contributed by atoms with Crippen molar-refractivity contribution in [1.29, 1.82) is 0 Å². The molecule has 1 aromatic carbocycles. The lowest BCUT2D eigenvalue weighted by atomic mass is 10.3. The number of nitrogen functional groups attached to an aromatic ring is 1. The zero-order valence-electron chi connectivity index (χ0n) is 5.75. The van der Waals surface area contributed by atoms with Crippen molar-refractivity contribution in [3.63, 3.8) is 0 Å². The third kappa shape index (κ3) is 1.63. The molecule has 0 spiro atoms. The maximum Gasteiger partial charge on any atom is 0.293 e. The molecule has 4 nitrogen and oxygen atoms in total. The van der Waals surface area contributed by atoms with E-state index >= 15 is 0 Å². The van der Waals surface area contributed by atoms with E-state index in [-0.39, 0.29) is 14.9 Å². The first-order valence-electron chi connectivity index (χ1n) is 2.91. The quantitative estimate of drug-likeness (QED) is 0.370. The van der Waals surface area contributed by atoms with Gasteiger partial charge in [0.25, 0.3) is 5.69 Å². The summed E-state index contributed by atoms with van der Waals surface area (Å²) >= 11 is 1.66. The molecule has 0 fully saturated rings. The molecule has 2 N–H and O–H groups in total. The van der Waals surface area contributed by atoms with Gasteiger partial charge in [-0.25, -0.2) is 4.39 Å². The van der Waals surface area contributed by atoms with Crippen LogP contribution in [0, 0.1) is 19.5 Å². The van der Waals surface area contributed by atoms with Gasteiger partial charge in [-0.2, -0.15) is 0 Å². The second kappa shape index (κ2) is 3.21. The second-order valence-electron chi connectivity index (χ2n) is 2.08. The molecule has 0 saturated carbocycles. The molecule has 1 aromatic rings. The van der Waals surface area contributed by atoms with Gasteiger partial charge in [-0.3, -0.25) is 10.1 Å². The first-order chi connectivity index (χ1) is 5.52. The fraction of sp³-hybridized carbons (Fsp3) is 0. The summed E-state index contributed by atoms with van der Waals surface area (Å²) in [5.41, 5.74) is 4.79. The average molecular weight is 282 g/mol. The number of benzene rings is 1. The second-order valence-corrected chi connectivity index (χ2v) is 3.24. The van der Waals surface area contributed by atoms with E-state index in [4.69, 9.17) is 5.73 Å². The topological polar surface area (TPSA) is 69.2 Å². The number of nitro groups is 1. The van der Waals surface area contributed by atoms with Crippen LogP contribution >= 0.6 is 22.6 Å². The predicted octanol–water partition coefficient (Wildman–Crippen LogP) is 1.92. The smallest absolute Gasteiger partial charge is 0.293 e. The van der Waals surface area contributed by atoms with Gasteiger partial charge in [-0.1, -0.05) is 0 Å². The Morgan fingerprint density at radius 3 is 2.67 bits per heavy atom. The van der Waals surface area contributed by atoms with Gasteiger partial charge in [0.05, 0.1) is 8.49 Å².